The third-order valence-corrected chi connectivity index (χ3v) is 3.89. The van der Waals surface area contributed by atoms with Gasteiger partial charge in [0.05, 0.1) is 0 Å². The summed E-state index contributed by atoms with van der Waals surface area (Å²) in [5.74, 6) is -0.551. The summed E-state index contributed by atoms with van der Waals surface area (Å²) in [7, 11) is 0. The molecule has 3 rings (SSSR count). The third kappa shape index (κ3) is 4.08. The minimum Gasteiger partial charge on any atom is -0.296 e. The Morgan fingerprint density at radius 3 is 2.54 bits per heavy atom. The number of amides is 1. The first kappa shape index (κ1) is 15.9. The lowest BCUT2D eigenvalue weighted by Crippen LogP contribution is -2.11. The summed E-state index contributed by atoms with van der Waals surface area (Å²) in [4.78, 5) is 16.3. The van der Waals surface area contributed by atoms with Gasteiger partial charge in [0.15, 0.2) is 0 Å². The maximum Gasteiger partial charge on any atom is 0.257 e. The number of anilines is 1. The highest BCUT2D eigenvalue weighted by atomic mass is 32.1. The van der Waals surface area contributed by atoms with Crippen molar-refractivity contribution >= 4 is 33.7 Å². The number of hydrogen-bond acceptors (Lipinski definition) is 5. The topological polar surface area (TPSA) is 67.2 Å². The summed E-state index contributed by atoms with van der Waals surface area (Å²) in [6.07, 6.45) is 1.56. The number of halogens is 1. The average Bonchev–Trinajstić information content (AvgIpc) is 3.02. The van der Waals surface area contributed by atoms with Gasteiger partial charge in [0.1, 0.15) is 5.82 Å². The number of nitrogens with zero attached hydrogens (tertiary/aromatic N) is 3. The Hall–Kier alpha value is -2.93. The molecule has 0 unspecified atom stereocenters. The molecule has 0 saturated carbocycles. The van der Waals surface area contributed by atoms with E-state index in [4.69, 9.17) is 0 Å². The van der Waals surface area contributed by atoms with E-state index in [2.05, 4.69) is 20.5 Å². The third-order valence-electron chi connectivity index (χ3n) is 3.14. The molecular weight excluding hydrogens is 327 g/mol. The SMILES string of the molecule is Cc1ccc(C(=O)Nc2nnc(/N=C/c3ccc(F)cc3)s2)cc1. The van der Waals surface area contributed by atoms with Crippen LogP contribution in [0.1, 0.15) is 21.5 Å². The highest BCUT2D eigenvalue weighted by Gasteiger charge is 2.09. The number of nitrogens with one attached hydrogen (secondary N) is 1. The zero-order valence-corrected chi connectivity index (χ0v) is 13.5. The van der Waals surface area contributed by atoms with Gasteiger partial charge in [-0.05, 0) is 36.8 Å². The van der Waals surface area contributed by atoms with Gasteiger partial charge in [-0.15, -0.1) is 10.2 Å². The standard InChI is InChI=1S/C17H13FN4OS/c1-11-2-6-13(7-3-11)15(23)20-17-22-21-16(24-17)19-10-12-4-8-14(18)9-5-12/h2-10H,1H3,(H,20,22,23)/b19-10+. The molecule has 120 valence electrons. The Balaban J connectivity index is 1.65. The predicted octanol–water partition coefficient (Wildman–Crippen LogP) is 3.99. The van der Waals surface area contributed by atoms with E-state index >= 15 is 0 Å². The summed E-state index contributed by atoms with van der Waals surface area (Å²) < 4.78 is 12.8. The fraction of sp³-hybridized carbons (Fsp3) is 0.0588. The van der Waals surface area contributed by atoms with Crippen LogP contribution in [0.2, 0.25) is 0 Å². The van der Waals surface area contributed by atoms with E-state index < -0.39 is 0 Å². The zero-order chi connectivity index (χ0) is 16.9. The van der Waals surface area contributed by atoms with Crippen LogP contribution in [0.3, 0.4) is 0 Å². The number of carbonyl (C=O) groups excluding carboxylic acids is 1. The minimum atomic E-state index is -0.302. The molecule has 1 amide bonds. The number of aliphatic imine (C=N–C) groups is 1. The maximum atomic E-state index is 12.8. The Bertz CT molecular complexity index is 872. The van der Waals surface area contributed by atoms with Gasteiger partial charge in [0.2, 0.25) is 10.3 Å². The fourth-order valence-electron chi connectivity index (χ4n) is 1.87. The van der Waals surface area contributed by atoms with Crippen LogP contribution >= 0.6 is 11.3 Å². The smallest absolute Gasteiger partial charge is 0.257 e. The van der Waals surface area contributed by atoms with Crippen molar-refractivity contribution in [3.05, 3.63) is 71.0 Å². The van der Waals surface area contributed by atoms with Crippen LogP contribution in [-0.4, -0.2) is 22.3 Å². The van der Waals surface area contributed by atoms with Gasteiger partial charge in [-0.25, -0.2) is 9.38 Å². The Labute approximate surface area is 141 Å². The number of benzene rings is 2. The first-order valence-electron chi connectivity index (χ1n) is 7.11. The van der Waals surface area contributed by atoms with Crippen molar-refractivity contribution in [3.8, 4) is 0 Å². The monoisotopic (exact) mass is 340 g/mol. The summed E-state index contributed by atoms with van der Waals surface area (Å²) >= 11 is 1.16. The Kier molecular flexibility index (Phi) is 4.72. The van der Waals surface area contributed by atoms with Gasteiger partial charge < -0.3 is 0 Å². The zero-order valence-electron chi connectivity index (χ0n) is 12.7. The van der Waals surface area contributed by atoms with Gasteiger partial charge in [0, 0.05) is 11.8 Å². The van der Waals surface area contributed by atoms with Crippen LogP contribution in [-0.2, 0) is 0 Å². The molecule has 1 N–H and O–H groups in total. The minimum absolute atomic E-state index is 0.250. The number of aryl methyl sites for hydroxylation is 1. The van der Waals surface area contributed by atoms with Gasteiger partial charge in [-0.1, -0.05) is 41.2 Å². The second kappa shape index (κ2) is 7.10. The average molecular weight is 340 g/mol. The van der Waals surface area contributed by atoms with Crippen LogP contribution < -0.4 is 5.32 Å². The van der Waals surface area contributed by atoms with Gasteiger partial charge >= 0.3 is 0 Å². The highest BCUT2D eigenvalue weighted by Crippen LogP contribution is 2.23. The van der Waals surface area contributed by atoms with Crippen LogP contribution in [0, 0.1) is 12.7 Å². The van der Waals surface area contributed by atoms with Crippen LogP contribution in [0.5, 0.6) is 0 Å². The summed E-state index contributed by atoms with van der Waals surface area (Å²) in [5.41, 5.74) is 2.38. The summed E-state index contributed by atoms with van der Waals surface area (Å²) in [6, 6.07) is 13.2. The lowest BCUT2D eigenvalue weighted by Gasteiger charge is -2.00. The van der Waals surface area contributed by atoms with Gasteiger partial charge in [0.25, 0.3) is 5.91 Å². The van der Waals surface area contributed by atoms with Crippen LogP contribution in [0.25, 0.3) is 0 Å². The second-order valence-corrected chi connectivity index (χ2v) is 5.98. The van der Waals surface area contributed by atoms with Crippen molar-refractivity contribution in [1.29, 1.82) is 0 Å². The molecule has 2 aromatic carbocycles. The molecule has 0 fully saturated rings. The quantitative estimate of drug-likeness (QED) is 0.730. The lowest BCUT2D eigenvalue weighted by molar-refractivity contribution is 0.102. The van der Waals surface area contributed by atoms with Crippen molar-refractivity contribution in [2.24, 2.45) is 4.99 Å². The van der Waals surface area contributed by atoms with E-state index in [1.165, 1.54) is 12.1 Å². The molecule has 0 aliphatic heterocycles. The van der Waals surface area contributed by atoms with Crippen molar-refractivity contribution in [2.45, 2.75) is 6.92 Å². The Morgan fingerprint density at radius 2 is 1.83 bits per heavy atom. The molecule has 0 atom stereocenters. The lowest BCUT2D eigenvalue weighted by atomic mass is 10.1. The van der Waals surface area contributed by atoms with Gasteiger partial charge in [-0.3, -0.25) is 10.1 Å². The summed E-state index contributed by atoms with van der Waals surface area (Å²) in [5, 5.41) is 11.2. The van der Waals surface area contributed by atoms with E-state index in [0.29, 0.717) is 15.8 Å². The molecular formula is C17H13FN4OS. The molecule has 0 radical (unpaired) electrons. The van der Waals surface area contributed by atoms with E-state index in [9.17, 15) is 9.18 Å². The number of aromatic nitrogens is 2. The van der Waals surface area contributed by atoms with Crippen LogP contribution in [0.15, 0.2) is 53.5 Å². The van der Waals surface area contributed by atoms with Crippen molar-refractivity contribution < 1.29 is 9.18 Å². The van der Waals surface area contributed by atoms with E-state index in [-0.39, 0.29) is 11.7 Å². The molecule has 5 nitrogen and oxygen atoms in total. The molecule has 7 heteroatoms. The van der Waals surface area contributed by atoms with E-state index in [1.54, 1.807) is 30.5 Å². The van der Waals surface area contributed by atoms with E-state index in [1.807, 2.05) is 19.1 Å². The maximum absolute atomic E-state index is 12.8. The molecule has 1 heterocycles. The molecule has 0 bridgehead atoms. The van der Waals surface area contributed by atoms with Gasteiger partial charge in [-0.2, -0.15) is 0 Å². The molecule has 0 aliphatic rings. The van der Waals surface area contributed by atoms with E-state index in [0.717, 1.165) is 22.5 Å². The van der Waals surface area contributed by atoms with Crippen molar-refractivity contribution in [2.75, 3.05) is 5.32 Å². The molecule has 3 aromatic rings. The molecule has 0 aliphatic carbocycles. The highest BCUT2D eigenvalue weighted by molar-refractivity contribution is 7.18. The fourth-order valence-corrected chi connectivity index (χ4v) is 2.46. The molecule has 0 spiro atoms. The van der Waals surface area contributed by atoms with Crippen molar-refractivity contribution in [1.82, 2.24) is 10.2 Å². The molecule has 0 saturated heterocycles. The number of hydrogen-bond donors (Lipinski definition) is 1. The first-order valence-corrected chi connectivity index (χ1v) is 7.93. The normalized spacial score (nSPS) is 10.9. The van der Waals surface area contributed by atoms with Crippen LogP contribution in [0.4, 0.5) is 14.7 Å². The largest absolute Gasteiger partial charge is 0.296 e. The number of rotatable bonds is 4. The predicted molar refractivity (Wildman–Crippen MR) is 92.7 cm³/mol. The molecule has 24 heavy (non-hydrogen) atoms. The summed E-state index contributed by atoms with van der Waals surface area (Å²) in [6.45, 7) is 1.96. The first-order chi connectivity index (χ1) is 11.6. The number of carbonyl (C=O) groups is 1. The second-order valence-electron chi connectivity index (χ2n) is 5.02. The molecule has 1 aromatic heterocycles. The van der Waals surface area contributed by atoms with Crippen molar-refractivity contribution in [3.63, 3.8) is 0 Å². The Morgan fingerprint density at radius 1 is 1.12 bits per heavy atom.